The molecule has 194 valence electrons. The first-order valence-electron chi connectivity index (χ1n) is 12.6. The zero-order valence-corrected chi connectivity index (χ0v) is 22.7. The van der Waals surface area contributed by atoms with Gasteiger partial charge in [-0.3, -0.25) is 4.68 Å². The number of nitrogens with zero attached hydrogens (tertiary/aromatic N) is 6. The molecule has 10 heteroatoms. The van der Waals surface area contributed by atoms with Crippen molar-refractivity contribution in [2.45, 2.75) is 78.8 Å². The maximum atomic E-state index is 6.03. The Morgan fingerprint density at radius 1 is 1.21 bits per heavy atom. The number of aromatic nitrogens is 4. The summed E-state index contributed by atoms with van der Waals surface area (Å²) in [6.45, 7) is 12.7. The highest BCUT2D eigenvalue weighted by atomic mass is 35.5. The molecule has 34 heavy (non-hydrogen) atoms. The van der Waals surface area contributed by atoms with Crippen molar-refractivity contribution in [3.8, 4) is 0 Å². The van der Waals surface area contributed by atoms with E-state index in [1.807, 2.05) is 39.5 Å². The van der Waals surface area contributed by atoms with Crippen molar-refractivity contribution in [1.29, 1.82) is 0 Å². The number of hydrazone groups is 1. The molecule has 0 unspecified atom stereocenters. The molecular weight excluding hydrogens is 452 g/mol. The van der Waals surface area contributed by atoms with E-state index in [1.165, 1.54) is 32.1 Å². The van der Waals surface area contributed by atoms with Crippen LogP contribution in [0.4, 0.5) is 5.82 Å². The smallest absolute Gasteiger partial charge is 0.225 e. The fourth-order valence-electron chi connectivity index (χ4n) is 3.64. The summed E-state index contributed by atoms with van der Waals surface area (Å²) in [4.78, 5) is 8.66. The summed E-state index contributed by atoms with van der Waals surface area (Å²) in [5.41, 5.74) is 1.79. The van der Waals surface area contributed by atoms with Crippen molar-refractivity contribution in [2.75, 3.05) is 45.7 Å². The van der Waals surface area contributed by atoms with E-state index in [0.29, 0.717) is 6.04 Å². The number of rotatable bonds is 5. The highest BCUT2D eigenvalue weighted by Crippen LogP contribution is 2.26. The van der Waals surface area contributed by atoms with Crippen LogP contribution < -0.4 is 10.6 Å². The Kier molecular flexibility index (Phi) is 16.2. The van der Waals surface area contributed by atoms with Crippen molar-refractivity contribution in [3.63, 3.8) is 0 Å². The van der Waals surface area contributed by atoms with Gasteiger partial charge < -0.3 is 20.4 Å². The number of fused-ring (bicyclic) bond motifs is 1. The molecule has 0 radical (unpaired) electrons. The lowest BCUT2D eigenvalue weighted by atomic mass is 9.95. The number of morpholine rings is 1. The van der Waals surface area contributed by atoms with Crippen LogP contribution in [0.2, 0.25) is 5.28 Å². The number of nitrogens with one attached hydrogen (secondary N) is 2. The van der Waals surface area contributed by atoms with Gasteiger partial charge in [0.2, 0.25) is 5.28 Å². The second-order valence-electron chi connectivity index (χ2n) is 8.01. The van der Waals surface area contributed by atoms with Crippen molar-refractivity contribution >= 4 is 34.7 Å². The van der Waals surface area contributed by atoms with Crippen LogP contribution in [0.3, 0.4) is 0 Å². The molecule has 0 atom stereocenters. The quantitative estimate of drug-likeness (QED) is 0.348. The number of anilines is 1. The molecule has 1 aliphatic carbocycles. The molecule has 1 aliphatic heterocycles. The molecule has 3 heterocycles. The number of halogens is 1. The van der Waals surface area contributed by atoms with Crippen LogP contribution in [0.15, 0.2) is 11.3 Å². The second-order valence-corrected chi connectivity index (χ2v) is 8.34. The fraction of sp³-hybridized carbons (Fsp3) is 0.750. The predicted octanol–water partition coefficient (Wildman–Crippen LogP) is 4.82. The van der Waals surface area contributed by atoms with Gasteiger partial charge in [-0.2, -0.15) is 15.2 Å². The van der Waals surface area contributed by atoms with Crippen LogP contribution in [0.25, 0.3) is 11.0 Å². The van der Waals surface area contributed by atoms with E-state index in [4.69, 9.17) is 16.3 Å². The van der Waals surface area contributed by atoms with Crippen LogP contribution in [0, 0.1) is 0 Å². The molecule has 0 spiro atoms. The van der Waals surface area contributed by atoms with Crippen LogP contribution in [0.1, 0.15) is 66.2 Å². The fourth-order valence-corrected chi connectivity index (χ4v) is 3.81. The van der Waals surface area contributed by atoms with Gasteiger partial charge in [-0.25, -0.2) is 4.98 Å². The zero-order valence-electron chi connectivity index (χ0n) is 22.0. The molecule has 2 aliphatic rings. The van der Waals surface area contributed by atoms with Crippen molar-refractivity contribution in [2.24, 2.45) is 5.10 Å². The van der Waals surface area contributed by atoms with E-state index in [2.05, 4.69) is 37.7 Å². The van der Waals surface area contributed by atoms with E-state index in [-0.39, 0.29) is 5.28 Å². The first kappa shape index (κ1) is 30.1. The lowest BCUT2D eigenvalue weighted by Gasteiger charge is -2.23. The summed E-state index contributed by atoms with van der Waals surface area (Å²) in [6.07, 6.45) is 10.9. The second kappa shape index (κ2) is 18.4. The van der Waals surface area contributed by atoms with E-state index < -0.39 is 0 Å². The molecular formula is C24H45ClN8O. The van der Waals surface area contributed by atoms with Gasteiger partial charge in [0.25, 0.3) is 0 Å². The number of ether oxygens (including phenoxy) is 1. The minimum atomic E-state index is 0.284. The van der Waals surface area contributed by atoms with E-state index >= 15 is 0 Å². The topological polar surface area (TPSA) is 92.5 Å². The number of hydrogen-bond donors (Lipinski definition) is 2. The van der Waals surface area contributed by atoms with Gasteiger partial charge in [-0.05, 0) is 37.8 Å². The SMILES string of the molecule is C/C=N\N(C)C.C1COCCN1.CC.CCCn1ncc2nc(Cl)nc(NC3CCCCC3)c21. The highest BCUT2D eigenvalue weighted by molar-refractivity contribution is 6.28. The Bertz CT molecular complexity index is 790. The predicted molar refractivity (Wildman–Crippen MR) is 144 cm³/mol. The average Bonchev–Trinajstić information content (AvgIpc) is 3.26. The van der Waals surface area contributed by atoms with E-state index in [0.717, 1.165) is 56.1 Å². The van der Waals surface area contributed by atoms with Crippen LogP contribution >= 0.6 is 11.6 Å². The van der Waals surface area contributed by atoms with Gasteiger partial charge in [0.1, 0.15) is 11.0 Å². The molecule has 9 nitrogen and oxygen atoms in total. The molecule has 0 amide bonds. The largest absolute Gasteiger partial charge is 0.379 e. The summed E-state index contributed by atoms with van der Waals surface area (Å²) in [5, 5.41) is 17.0. The Hall–Kier alpha value is -1.97. The molecule has 1 saturated heterocycles. The zero-order chi connectivity index (χ0) is 25.2. The van der Waals surface area contributed by atoms with Crippen molar-refractivity contribution in [1.82, 2.24) is 30.1 Å². The Balaban J connectivity index is 0.000000339. The minimum Gasteiger partial charge on any atom is -0.379 e. The van der Waals surface area contributed by atoms with Crippen molar-refractivity contribution < 1.29 is 4.74 Å². The maximum absolute atomic E-state index is 6.03. The standard InChI is InChI=1S/C14H20ClN5.C4H10N2.C4H9NO.C2H6/c1-2-8-20-12-11(9-16-20)18-14(15)19-13(12)17-10-6-4-3-5-7-10;1-4-5-6(2)3;1-3-6-4-2-5-1;1-2/h9-10H,2-8H2,1H3,(H,17,18,19);4H,1-3H3;5H,1-4H2;1-2H3/b;5-4-;;. The monoisotopic (exact) mass is 496 g/mol. The van der Waals surface area contributed by atoms with Crippen LogP contribution in [0.5, 0.6) is 0 Å². The molecule has 2 aromatic rings. The molecule has 2 fully saturated rings. The third kappa shape index (κ3) is 11.4. The number of aryl methyl sites for hydroxylation is 1. The molecule has 0 aromatic carbocycles. The van der Waals surface area contributed by atoms with E-state index in [9.17, 15) is 0 Å². The summed E-state index contributed by atoms with van der Waals surface area (Å²) in [5.74, 6) is 0.831. The molecule has 4 rings (SSSR count). The Morgan fingerprint density at radius 2 is 1.88 bits per heavy atom. The van der Waals surface area contributed by atoms with Gasteiger partial charge in [-0.15, -0.1) is 0 Å². The number of hydrogen-bond acceptors (Lipinski definition) is 8. The Morgan fingerprint density at radius 3 is 2.35 bits per heavy atom. The molecule has 2 aromatic heterocycles. The normalized spacial score (nSPS) is 16.0. The van der Waals surface area contributed by atoms with E-state index in [1.54, 1.807) is 17.4 Å². The van der Waals surface area contributed by atoms with Crippen LogP contribution in [-0.2, 0) is 11.3 Å². The van der Waals surface area contributed by atoms with Crippen molar-refractivity contribution in [3.05, 3.63) is 11.5 Å². The van der Waals surface area contributed by atoms with Gasteiger partial charge in [0.05, 0.1) is 19.4 Å². The lowest BCUT2D eigenvalue weighted by molar-refractivity contribution is 0.109. The van der Waals surface area contributed by atoms with Gasteiger partial charge in [-0.1, -0.05) is 40.0 Å². The Labute approximate surface area is 210 Å². The van der Waals surface area contributed by atoms with Gasteiger partial charge in [0, 0.05) is 46.0 Å². The third-order valence-electron chi connectivity index (χ3n) is 5.04. The summed E-state index contributed by atoms with van der Waals surface area (Å²) < 4.78 is 6.98. The lowest BCUT2D eigenvalue weighted by Crippen LogP contribution is -2.30. The third-order valence-corrected chi connectivity index (χ3v) is 5.20. The molecule has 0 bridgehead atoms. The highest BCUT2D eigenvalue weighted by Gasteiger charge is 2.18. The van der Waals surface area contributed by atoms with Crippen LogP contribution in [-0.4, -0.2) is 77.4 Å². The summed E-state index contributed by atoms with van der Waals surface area (Å²) >= 11 is 6.03. The summed E-state index contributed by atoms with van der Waals surface area (Å²) in [7, 11) is 3.78. The summed E-state index contributed by atoms with van der Waals surface area (Å²) in [6, 6.07) is 0.489. The minimum absolute atomic E-state index is 0.284. The first-order chi connectivity index (χ1) is 16.5. The average molecular weight is 497 g/mol. The maximum Gasteiger partial charge on any atom is 0.225 e. The molecule has 2 N–H and O–H groups in total. The van der Waals surface area contributed by atoms with Gasteiger partial charge >= 0.3 is 0 Å². The first-order valence-corrected chi connectivity index (χ1v) is 13.0. The van der Waals surface area contributed by atoms with Gasteiger partial charge in [0.15, 0.2) is 5.82 Å². The molecule has 1 saturated carbocycles.